The van der Waals surface area contributed by atoms with Crippen molar-refractivity contribution in [1.29, 1.82) is 0 Å². The molecule has 2 unspecified atom stereocenters. The summed E-state index contributed by atoms with van der Waals surface area (Å²) in [6.45, 7) is 4.47. The van der Waals surface area contributed by atoms with Gasteiger partial charge in [-0.2, -0.15) is 0 Å². The fraction of sp³-hybridized carbons (Fsp3) is 0.818. The molecule has 17 heavy (non-hydrogen) atoms. The molecular weight excluding hydrogens is 224 g/mol. The van der Waals surface area contributed by atoms with Crippen molar-refractivity contribution in [2.75, 3.05) is 20.2 Å². The first kappa shape index (κ1) is 15.9. The molecule has 0 saturated heterocycles. The van der Waals surface area contributed by atoms with E-state index >= 15 is 0 Å². The van der Waals surface area contributed by atoms with E-state index in [1.165, 1.54) is 7.11 Å². The first-order valence-electron chi connectivity index (χ1n) is 5.74. The van der Waals surface area contributed by atoms with Crippen molar-refractivity contribution in [3.63, 3.8) is 0 Å². The summed E-state index contributed by atoms with van der Waals surface area (Å²) in [5.74, 6) is -1.10. The van der Waals surface area contributed by atoms with Crippen LogP contribution in [0.25, 0.3) is 0 Å². The quantitative estimate of drug-likeness (QED) is 0.532. The molecule has 1 amide bonds. The molecule has 0 aliphatic carbocycles. The van der Waals surface area contributed by atoms with Crippen LogP contribution >= 0.6 is 0 Å². The number of carboxylic acids is 1. The van der Waals surface area contributed by atoms with E-state index in [9.17, 15) is 9.59 Å². The van der Waals surface area contributed by atoms with E-state index in [0.29, 0.717) is 0 Å². The first-order valence-corrected chi connectivity index (χ1v) is 5.74. The Bertz CT molecular complexity index is 246. The topological polar surface area (TPSA) is 87.7 Å². The lowest BCUT2D eigenvalue weighted by molar-refractivity contribution is -0.140. The Morgan fingerprint density at radius 3 is 2.53 bits per heavy atom. The Hall–Kier alpha value is -1.14. The molecule has 3 N–H and O–H groups in total. The summed E-state index contributed by atoms with van der Waals surface area (Å²) in [4.78, 5) is 21.9. The van der Waals surface area contributed by atoms with Crippen molar-refractivity contribution in [3.8, 4) is 0 Å². The highest BCUT2D eigenvalue weighted by molar-refractivity contribution is 5.78. The second kappa shape index (κ2) is 8.95. The van der Waals surface area contributed by atoms with Gasteiger partial charge in [-0.25, -0.2) is 0 Å². The van der Waals surface area contributed by atoms with E-state index in [-0.39, 0.29) is 31.5 Å². The van der Waals surface area contributed by atoms with Crippen molar-refractivity contribution in [2.45, 2.75) is 38.8 Å². The molecule has 100 valence electrons. The molecule has 0 aromatic heterocycles. The van der Waals surface area contributed by atoms with E-state index < -0.39 is 12.1 Å². The molecule has 0 bridgehead atoms. The highest BCUT2D eigenvalue weighted by atomic mass is 16.5. The van der Waals surface area contributed by atoms with Crippen molar-refractivity contribution >= 4 is 11.9 Å². The average molecular weight is 246 g/mol. The first-order chi connectivity index (χ1) is 7.99. The number of hydrogen-bond donors (Lipinski definition) is 3. The van der Waals surface area contributed by atoms with Gasteiger partial charge in [0.2, 0.25) is 5.91 Å². The summed E-state index contributed by atoms with van der Waals surface area (Å²) in [6, 6.07) is 0.290. The number of ether oxygens (including phenoxy) is 1. The monoisotopic (exact) mass is 246 g/mol. The minimum absolute atomic E-state index is 0.116. The van der Waals surface area contributed by atoms with Crippen LogP contribution in [-0.4, -0.2) is 49.3 Å². The lowest BCUT2D eigenvalue weighted by Crippen LogP contribution is -2.41. The van der Waals surface area contributed by atoms with E-state index in [2.05, 4.69) is 10.6 Å². The molecule has 0 heterocycles. The van der Waals surface area contributed by atoms with Gasteiger partial charge in [0.05, 0.1) is 19.1 Å². The van der Waals surface area contributed by atoms with Crippen LogP contribution in [0.3, 0.4) is 0 Å². The third-order valence-corrected chi connectivity index (χ3v) is 2.49. The number of carboxylic acid groups (broad SMARTS) is 1. The van der Waals surface area contributed by atoms with Crippen LogP contribution < -0.4 is 10.6 Å². The standard InChI is InChI=1S/C11H22N2O4/c1-4-8(2)12-7-10(14)13-6-9(17-3)5-11(15)16/h8-9,12H,4-7H2,1-3H3,(H,13,14)(H,15,16). The van der Waals surface area contributed by atoms with Gasteiger partial charge in [-0.05, 0) is 13.3 Å². The predicted octanol–water partition coefficient (Wildman–Crippen LogP) is -0.0196. The summed E-state index contributed by atoms with van der Waals surface area (Å²) in [5.41, 5.74) is 0. The van der Waals surface area contributed by atoms with Gasteiger partial charge in [0.15, 0.2) is 0 Å². The van der Waals surface area contributed by atoms with Gasteiger partial charge in [-0.1, -0.05) is 6.92 Å². The van der Waals surface area contributed by atoms with Crippen molar-refractivity contribution in [3.05, 3.63) is 0 Å². The second-order valence-electron chi connectivity index (χ2n) is 3.95. The number of hydrogen-bond acceptors (Lipinski definition) is 4. The van der Waals surface area contributed by atoms with E-state index in [0.717, 1.165) is 6.42 Å². The summed E-state index contributed by atoms with van der Waals surface area (Å²) >= 11 is 0. The summed E-state index contributed by atoms with van der Waals surface area (Å²) in [6.07, 6.45) is 0.350. The average Bonchev–Trinajstić information content (AvgIpc) is 2.30. The van der Waals surface area contributed by atoms with Gasteiger partial charge in [-0.3, -0.25) is 9.59 Å². The number of aliphatic carboxylic acids is 1. The zero-order valence-electron chi connectivity index (χ0n) is 10.7. The van der Waals surface area contributed by atoms with Crippen LogP contribution in [0.15, 0.2) is 0 Å². The second-order valence-corrected chi connectivity index (χ2v) is 3.95. The molecule has 0 aliphatic heterocycles. The molecule has 2 atom stereocenters. The highest BCUT2D eigenvalue weighted by Gasteiger charge is 2.13. The van der Waals surface area contributed by atoms with Gasteiger partial charge < -0.3 is 20.5 Å². The van der Waals surface area contributed by atoms with Gasteiger partial charge in [0.1, 0.15) is 0 Å². The zero-order valence-corrected chi connectivity index (χ0v) is 10.7. The highest BCUT2D eigenvalue weighted by Crippen LogP contribution is 1.95. The smallest absolute Gasteiger partial charge is 0.306 e. The normalized spacial score (nSPS) is 14.1. The molecule has 0 aliphatic rings. The predicted molar refractivity (Wildman–Crippen MR) is 63.8 cm³/mol. The van der Waals surface area contributed by atoms with Crippen LogP contribution in [-0.2, 0) is 14.3 Å². The van der Waals surface area contributed by atoms with Crippen molar-refractivity contribution in [2.24, 2.45) is 0 Å². The van der Waals surface area contributed by atoms with Gasteiger partial charge in [0, 0.05) is 19.7 Å². The molecule has 6 heteroatoms. The molecule has 6 nitrogen and oxygen atoms in total. The minimum atomic E-state index is -0.941. The van der Waals surface area contributed by atoms with E-state index in [4.69, 9.17) is 9.84 Å². The number of amides is 1. The van der Waals surface area contributed by atoms with Crippen molar-refractivity contribution in [1.82, 2.24) is 10.6 Å². The van der Waals surface area contributed by atoms with Crippen LogP contribution in [0.1, 0.15) is 26.7 Å². The molecule has 0 saturated carbocycles. The lowest BCUT2D eigenvalue weighted by Gasteiger charge is -2.15. The summed E-state index contributed by atoms with van der Waals surface area (Å²) in [7, 11) is 1.43. The Labute approximate surface area is 102 Å². The zero-order chi connectivity index (χ0) is 13.3. The maximum atomic E-state index is 11.4. The Balaban J connectivity index is 3.77. The van der Waals surface area contributed by atoms with E-state index in [1.807, 2.05) is 13.8 Å². The Morgan fingerprint density at radius 2 is 2.06 bits per heavy atom. The number of nitrogens with one attached hydrogen (secondary N) is 2. The number of carbonyl (C=O) groups is 2. The van der Waals surface area contributed by atoms with Gasteiger partial charge in [-0.15, -0.1) is 0 Å². The third kappa shape index (κ3) is 8.65. The Kier molecular flexibility index (Phi) is 8.35. The van der Waals surface area contributed by atoms with Crippen molar-refractivity contribution < 1.29 is 19.4 Å². The molecule has 0 radical (unpaired) electrons. The molecule has 0 spiro atoms. The maximum Gasteiger partial charge on any atom is 0.306 e. The minimum Gasteiger partial charge on any atom is -0.481 e. The number of methoxy groups -OCH3 is 1. The molecule has 0 aromatic carbocycles. The third-order valence-electron chi connectivity index (χ3n) is 2.49. The largest absolute Gasteiger partial charge is 0.481 e. The molecule has 0 rings (SSSR count). The van der Waals surface area contributed by atoms with Crippen LogP contribution in [0.2, 0.25) is 0 Å². The number of carbonyl (C=O) groups excluding carboxylic acids is 1. The van der Waals surface area contributed by atoms with Gasteiger partial charge in [0.25, 0.3) is 0 Å². The summed E-state index contributed by atoms with van der Waals surface area (Å²) < 4.78 is 4.94. The van der Waals surface area contributed by atoms with E-state index in [1.54, 1.807) is 0 Å². The summed E-state index contributed by atoms with van der Waals surface area (Å²) in [5, 5.41) is 14.3. The molecule has 0 aromatic rings. The molecular formula is C11H22N2O4. The fourth-order valence-corrected chi connectivity index (χ4v) is 1.14. The van der Waals surface area contributed by atoms with Crippen LogP contribution in [0.5, 0.6) is 0 Å². The maximum absolute atomic E-state index is 11.4. The number of rotatable bonds is 9. The fourth-order valence-electron chi connectivity index (χ4n) is 1.14. The van der Waals surface area contributed by atoms with Crippen LogP contribution in [0, 0.1) is 0 Å². The SMILES string of the molecule is CCC(C)NCC(=O)NCC(CC(=O)O)OC. The van der Waals surface area contributed by atoms with Gasteiger partial charge >= 0.3 is 5.97 Å². The van der Waals surface area contributed by atoms with Crippen LogP contribution in [0.4, 0.5) is 0 Å². The molecule has 0 fully saturated rings. The Morgan fingerprint density at radius 1 is 1.41 bits per heavy atom. The lowest BCUT2D eigenvalue weighted by atomic mass is 10.2.